The largest absolute Gasteiger partial charge is 0.452 e. The van der Waals surface area contributed by atoms with Crippen molar-refractivity contribution >= 4 is 23.3 Å². The van der Waals surface area contributed by atoms with Crippen molar-refractivity contribution in [2.24, 2.45) is 0 Å². The van der Waals surface area contributed by atoms with Crippen molar-refractivity contribution in [2.75, 3.05) is 6.61 Å². The molecule has 1 N–H and O–H groups in total. The van der Waals surface area contributed by atoms with E-state index in [9.17, 15) is 24.5 Å². The van der Waals surface area contributed by atoms with Gasteiger partial charge in [0, 0.05) is 11.6 Å². The lowest BCUT2D eigenvalue weighted by Crippen LogP contribution is -2.43. The molecule has 0 heterocycles. The summed E-state index contributed by atoms with van der Waals surface area (Å²) in [6.07, 6.45) is 0.331. The van der Waals surface area contributed by atoms with Crippen molar-refractivity contribution in [1.29, 1.82) is 0 Å². The first kappa shape index (κ1) is 20.8. The van der Waals surface area contributed by atoms with E-state index >= 15 is 0 Å². The van der Waals surface area contributed by atoms with E-state index < -0.39 is 29.4 Å². The van der Waals surface area contributed by atoms with Gasteiger partial charge in [0.1, 0.15) is 0 Å². The highest BCUT2D eigenvalue weighted by Crippen LogP contribution is 2.19. The molecule has 1 amide bonds. The fourth-order valence-electron chi connectivity index (χ4n) is 2.58. The Bertz CT molecular complexity index is 895. The maximum atomic E-state index is 12.1. The number of Topliss-reactive ketones (excluding diaryl/α,β-unsaturated/α-hetero) is 1. The van der Waals surface area contributed by atoms with Crippen LogP contribution in [-0.2, 0) is 20.7 Å². The van der Waals surface area contributed by atoms with E-state index in [1.54, 1.807) is 0 Å². The van der Waals surface area contributed by atoms with Gasteiger partial charge in [-0.05, 0) is 38.0 Å². The number of hydrogen-bond donors (Lipinski definition) is 1. The van der Waals surface area contributed by atoms with Gasteiger partial charge >= 0.3 is 5.97 Å². The van der Waals surface area contributed by atoms with Crippen LogP contribution in [0.3, 0.4) is 0 Å². The number of benzene rings is 2. The van der Waals surface area contributed by atoms with Crippen molar-refractivity contribution in [3.8, 4) is 0 Å². The minimum atomic E-state index is -0.782. The van der Waals surface area contributed by atoms with Crippen LogP contribution in [0.1, 0.15) is 28.4 Å². The van der Waals surface area contributed by atoms with Crippen molar-refractivity contribution in [2.45, 2.75) is 26.3 Å². The van der Waals surface area contributed by atoms with Crippen LogP contribution in [0.5, 0.6) is 0 Å². The first-order valence-corrected chi connectivity index (χ1v) is 8.54. The summed E-state index contributed by atoms with van der Waals surface area (Å²) in [5.41, 5.74) is 1.19. The van der Waals surface area contributed by atoms with Crippen molar-refractivity contribution in [3.05, 3.63) is 75.3 Å². The third-order valence-corrected chi connectivity index (χ3v) is 4.07. The van der Waals surface area contributed by atoms with Crippen LogP contribution in [-0.4, -0.2) is 35.2 Å². The minimum Gasteiger partial charge on any atom is -0.452 e. The van der Waals surface area contributed by atoms with E-state index in [2.05, 4.69) is 5.32 Å². The molecular weight excluding hydrogens is 364 g/mol. The molecule has 0 fully saturated rings. The molecule has 8 heteroatoms. The minimum absolute atomic E-state index is 0.100. The van der Waals surface area contributed by atoms with Gasteiger partial charge < -0.3 is 10.1 Å². The van der Waals surface area contributed by atoms with Crippen molar-refractivity contribution in [1.82, 2.24) is 5.32 Å². The molecule has 1 atom stereocenters. The zero-order valence-corrected chi connectivity index (χ0v) is 15.5. The van der Waals surface area contributed by atoms with Gasteiger partial charge in [-0.3, -0.25) is 19.7 Å². The topological polar surface area (TPSA) is 116 Å². The molecule has 0 spiro atoms. The Morgan fingerprint density at radius 2 is 1.82 bits per heavy atom. The molecule has 2 aromatic carbocycles. The average Bonchev–Trinajstić information content (AvgIpc) is 2.66. The van der Waals surface area contributed by atoms with Gasteiger partial charge in [0.2, 0.25) is 0 Å². The Labute approximate surface area is 161 Å². The lowest BCUT2D eigenvalue weighted by atomic mass is 10.0. The summed E-state index contributed by atoms with van der Waals surface area (Å²) in [4.78, 5) is 46.2. The lowest BCUT2D eigenvalue weighted by molar-refractivity contribution is -0.385. The fourth-order valence-corrected chi connectivity index (χ4v) is 2.58. The smallest absolute Gasteiger partial charge is 0.338 e. The molecule has 0 radical (unpaired) electrons. The molecule has 146 valence electrons. The van der Waals surface area contributed by atoms with E-state index in [1.165, 1.54) is 32.0 Å². The first-order chi connectivity index (χ1) is 13.3. The SMILES string of the molecule is CC(=O)[C@H](Cc1ccccc1)NC(=O)COC(=O)c1ccc([N+](=O)[O-])c(C)c1. The molecule has 0 aliphatic heterocycles. The van der Waals surface area contributed by atoms with E-state index in [-0.39, 0.29) is 17.0 Å². The normalized spacial score (nSPS) is 11.4. The highest BCUT2D eigenvalue weighted by Gasteiger charge is 2.20. The van der Waals surface area contributed by atoms with Crippen molar-refractivity contribution in [3.63, 3.8) is 0 Å². The van der Waals surface area contributed by atoms with Gasteiger partial charge in [-0.15, -0.1) is 0 Å². The molecule has 2 aromatic rings. The summed E-state index contributed by atoms with van der Waals surface area (Å²) in [6.45, 7) is 2.32. The number of nitrogens with one attached hydrogen (secondary N) is 1. The highest BCUT2D eigenvalue weighted by atomic mass is 16.6. The number of aryl methyl sites for hydroxylation is 1. The second-order valence-electron chi connectivity index (χ2n) is 6.25. The Morgan fingerprint density at radius 1 is 1.14 bits per heavy atom. The second-order valence-corrected chi connectivity index (χ2v) is 6.25. The van der Waals surface area contributed by atoms with E-state index in [0.717, 1.165) is 5.56 Å². The molecule has 28 heavy (non-hydrogen) atoms. The summed E-state index contributed by atoms with van der Waals surface area (Å²) >= 11 is 0. The van der Waals surface area contributed by atoms with Crippen LogP contribution in [0.25, 0.3) is 0 Å². The number of esters is 1. The average molecular weight is 384 g/mol. The molecule has 8 nitrogen and oxygen atoms in total. The van der Waals surface area contributed by atoms with Gasteiger partial charge in [-0.2, -0.15) is 0 Å². The van der Waals surface area contributed by atoms with Gasteiger partial charge in [0.05, 0.1) is 16.5 Å². The number of carbonyl (C=O) groups is 3. The summed E-state index contributed by atoms with van der Waals surface area (Å²) in [7, 11) is 0. The molecule has 0 aliphatic carbocycles. The second kappa shape index (κ2) is 9.40. The number of rotatable bonds is 8. The summed E-state index contributed by atoms with van der Waals surface area (Å²) < 4.78 is 4.94. The molecule has 0 aliphatic rings. The van der Waals surface area contributed by atoms with Crippen molar-refractivity contribution < 1.29 is 24.0 Å². The van der Waals surface area contributed by atoms with Crippen LogP contribution in [0, 0.1) is 17.0 Å². The van der Waals surface area contributed by atoms with Crippen LogP contribution < -0.4 is 5.32 Å². The van der Waals surface area contributed by atoms with Crippen LogP contribution in [0.2, 0.25) is 0 Å². The predicted octanol–water partition coefficient (Wildman–Crippen LogP) is 2.38. The number of hydrogen-bond acceptors (Lipinski definition) is 6. The Balaban J connectivity index is 1.93. The quantitative estimate of drug-likeness (QED) is 0.424. The molecule has 2 rings (SSSR count). The molecule has 0 unspecified atom stereocenters. The predicted molar refractivity (Wildman–Crippen MR) is 101 cm³/mol. The number of nitrogens with zero attached hydrogens (tertiary/aromatic N) is 1. The van der Waals surface area contributed by atoms with Gasteiger partial charge in [0.15, 0.2) is 12.4 Å². The number of ether oxygens (including phenoxy) is 1. The summed E-state index contributed by atoms with van der Waals surface area (Å²) in [5, 5.41) is 13.4. The van der Waals surface area contributed by atoms with E-state index in [1.807, 2.05) is 30.3 Å². The van der Waals surface area contributed by atoms with E-state index in [0.29, 0.717) is 12.0 Å². The maximum absolute atomic E-state index is 12.1. The number of nitro benzene ring substituents is 1. The molecule has 0 bridgehead atoms. The third-order valence-electron chi connectivity index (χ3n) is 4.07. The number of carbonyl (C=O) groups excluding carboxylic acids is 3. The lowest BCUT2D eigenvalue weighted by Gasteiger charge is -2.16. The van der Waals surface area contributed by atoms with Gasteiger partial charge in [0.25, 0.3) is 11.6 Å². The molecular formula is C20H20N2O6. The Kier molecular flexibility index (Phi) is 6.97. The van der Waals surface area contributed by atoms with Gasteiger partial charge in [-0.1, -0.05) is 30.3 Å². The third kappa shape index (κ3) is 5.73. The molecule has 0 saturated heterocycles. The van der Waals surface area contributed by atoms with Gasteiger partial charge in [-0.25, -0.2) is 4.79 Å². The Hall–Kier alpha value is -3.55. The fraction of sp³-hybridized carbons (Fsp3) is 0.250. The first-order valence-electron chi connectivity index (χ1n) is 8.54. The number of ketones is 1. The monoisotopic (exact) mass is 384 g/mol. The zero-order valence-electron chi connectivity index (χ0n) is 15.5. The highest BCUT2D eigenvalue weighted by molar-refractivity contribution is 5.93. The molecule has 0 aromatic heterocycles. The Morgan fingerprint density at radius 3 is 2.39 bits per heavy atom. The number of nitro groups is 1. The molecule has 0 saturated carbocycles. The van der Waals surface area contributed by atoms with E-state index in [4.69, 9.17) is 4.74 Å². The van der Waals surface area contributed by atoms with Crippen LogP contribution >= 0.6 is 0 Å². The number of amides is 1. The summed E-state index contributed by atoms with van der Waals surface area (Å²) in [5.74, 6) is -1.60. The zero-order chi connectivity index (χ0) is 20.7. The van der Waals surface area contributed by atoms with Crippen LogP contribution in [0.4, 0.5) is 5.69 Å². The maximum Gasteiger partial charge on any atom is 0.338 e. The van der Waals surface area contributed by atoms with Crippen LogP contribution in [0.15, 0.2) is 48.5 Å². The summed E-state index contributed by atoms with van der Waals surface area (Å²) in [6, 6.07) is 12.3. The standard InChI is InChI=1S/C20H20N2O6/c1-13-10-16(8-9-18(13)22(26)27)20(25)28-12-19(24)21-17(14(2)23)11-15-6-4-3-5-7-15/h3-10,17H,11-12H2,1-2H3,(H,21,24)/t17-/m0/s1.